The molecular weight excluding hydrogens is 422 g/mol. The lowest BCUT2D eigenvalue weighted by Gasteiger charge is -2.34. The maximum atomic E-state index is 12.9. The van der Waals surface area contributed by atoms with Crippen LogP contribution in [-0.2, 0) is 30.2 Å². The second-order valence-electron chi connectivity index (χ2n) is 10.1. The first kappa shape index (κ1) is 26.7. The highest BCUT2D eigenvalue weighted by molar-refractivity contribution is 5.81. The van der Waals surface area contributed by atoms with E-state index in [-0.39, 0.29) is 17.8 Å². The van der Waals surface area contributed by atoms with E-state index in [1.54, 1.807) is 41.5 Å². The van der Waals surface area contributed by atoms with Crippen LogP contribution in [0.5, 0.6) is 0 Å². The van der Waals surface area contributed by atoms with Gasteiger partial charge in [0.25, 0.3) is 0 Å². The standard InChI is InChI=1S/C26H39NO6/c1-17(2)23(28)32-22-18(3)31-24(29)21(27-25(30)33-26(4,5)6)15-11-10-14-20(22)16-19-12-8-7-9-13-19/h7-9,12-13,17-18,20-22H,10-11,14-16H2,1-6H3,(H,27,30)/t18-,20+,21-,22-/m0/s1. The molecule has 1 saturated heterocycles. The Morgan fingerprint density at radius 1 is 1.12 bits per heavy atom. The Morgan fingerprint density at radius 2 is 1.76 bits per heavy atom. The van der Waals surface area contributed by atoms with Crippen LogP contribution in [0.25, 0.3) is 0 Å². The highest BCUT2D eigenvalue weighted by Gasteiger charge is 2.36. The molecule has 2 rings (SSSR count). The van der Waals surface area contributed by atoms with Crippen LogP contribution in [0.1, 0.15) is 72.8 Å². The molecule has 0 radical (unpaired) electrons. The fourth-order valence-electron chi connectivity index (χ4n) is 3.93. The smallest absolute Gasteiger partial charge is 0.408 e. The summed E-state index contributed by atoms with van der Waals surface area (Å²) in [7, 11) is 0. The molecule has 0 bridgehead atoms. The van der Waals surface area contributed by atoms with Crippen molar-refractivity contribution in [3.63, 3.8) is 0 Å². The average molecular weight is 462 g/mol. The summed E-state index contributed by atoms with van der Waals surface area (Å²) in [6.45, 7) is 10.6. The first-order chi connectivity index (χ1) is 15.5. The third kappa shape index (κ3) is 9.06. The van der Waals surface area contributed by atoms with Crippen molar-refractivity contribution in [2.24, 2.45) is 11.8 Å². The molecule has 1 aromatic carbocycles. The van der Waals surface area contributed by atoms with E-state index in [9.17, 15) is 14.4 Å². The summed E-state index contributed by atoms with van der Waals surface area (Å²) in [5, 5.41) is 2.64. The molecule has 0 unspecified atom stereocenters. The van der Waals surface area contributed by atoms with Crippen molar-refractivity contribution in [1.29, 1.82) is 0 Å². The van der Waals surface area contributed by atoms with E-state index in [0.717, 1.165) is 31.2 Å². The van der Waals surface area contributed by atoms with E-state index in [0.29, 0.717) is 6.42 Å². The maximum absolute atomic E-state index is 12.9. The zero-order chi connectivity index (χ0) is 24.6. The number of carbonyl (C=O) groups is 3. The number of nitrogens with one attached hydrogen (secondary N) is 1. The van der Waals surface area contributed by atoms with E-state index < -0.39 is 35.9 Å². The molecule has 0 spiro atoms. The van der Waals surface area contributed by atoms with Crippen LogP contribution in [0.3, 0.4) is 0 Å². The third-order valence-corrected chi connectivity index (χ3v) is 5.59. The number of benzene rings is 1. The fourth-order valence-corrected chi connectivity index (χ4v) is 3.93. The van der Waals surface area contributed by atoms with Crippen molar-refractivity contribution in [2.75, 3.05) is 0 Å². The summed E-state index contributed by atoms with van der Waals surface area (Å²) in [5.74, 6) is -1.14. The lowest BCUT2D eigenvalue weighted by Crippen LogP contribution is -2.48. The molecule has 1 N–H and O–H groups in total. The highest BCUT2D eigenvalue weighted by atomic mass is 16.6. The first-order valence-electron chi connectivity index (χ1n) is 11.9. The number of hydrogen-bond acceptors (Lipinski definition) is 6. The van der Waals surface area contributed by atoms with Gasteiger partial charge >= 0.3 is 18.0 Å². The van der Waals surface area contributed by atoms with Crippen molar-refractivity contribution in [3.8, 4) is 0 Å². The van der Waals surface area contributed by atoms with Gasteiger partial charge in [0.1, 0.15) is 23.9 Å². The number of cyclic esters (lactones) is 1. The van der Waals surface area contributed by atoms with Gasteiger partial charge < -0.3 is 19.5 Å². The van der Waals surface area contributed by atoms with Gasteiger partial charge in [-0.2, -0.15) is 0 Å². The Kier molecular flexibility index (Phi) is 9.74. The average Bonchev–Trinajstić information content (AvgIpc) is 2.71. The summed E-state index contributed by atoms with van der Waals surface area (Å²) < 4.78 is 16.9. The van der Waals surface area contributed by atoms with Crippen LogP contribution in [0, 0.1) is 11.8 Å². The van der Waals surface area contributed by atoms with Crippen LogP contribution in [0.15, 0.2) is 30.3 Å². The van der Waals surface area contributed by atoms with Crippen LogP contribution in [-0.4, -0.2) is 41.9 Å². The topological polar surface area (TPSA) is 90.9 Å². The number of alkyl carbamates (subject to hydrolysis) is 1. The molecule has 1 amide bonds. The zero-order valence-electron chi connectivity index (χ0n) is 20.8. The number of amides is 1. The van der Waals surface area contributed by atoms with Gasteiger partial charge in [0.05, 0.1) is 5.92 Å². The molecule has 0 aliphatic carbocycles. The maximum Gasteiger partial charge on any atom is 0.408 e. The van der Waals surface area contributed by atoms with Crippen molar-refractivity contribution in [2.45, 2.75) is 97.5 Å². The molecule has 184 valence electrons. The van der Waals surface area contributed by atoms with Gasteiger partial charge in [-0.1, -0.05) is 57.0 Å². The van der Waals surface area contributed by atoms with Gasteiger partial charge in [0.2, 0.25) is 0 Å². The van der Waals surface area contributed by atoms with E-state index in [4.69, 9.17) is 14.2 Å². The van der Waals surface area contributed by atoms with Crippen molar-refractivity contribution in [1.82, 2.24) is 5.32 Å². The summed E-state index contributed by atoms with van der Waals surface area (Å²) >= 11 is 0. The molecule has 1 aromatic rings. The quantitative estimate of drug-likeness (QED) is 0.500. The van der Waals surface area contributed by atoms with Gasteiger partial charge in [0.15, 0.2) is 0 Å². The predicted octanol–water partition coefficient (Wildman–Crippen LogP) is 4.81. The Bertz CT molecular complexity index is 786. The van der Waals surface area contributed by atoms with Crippen molar-refractivity contribution >= 4 is 18.0 Å². The van der Waals surface area contributed by atoms with Gasteiger partial charge in [-0.05, 0) is 52.5 Å². The molecule has 1 aliphatic heterocycles. The zero-order valence-corrected chi connectivity index (χ0v) is 20.8. The minimum atomic E-state index is -0.811. The molecule has 0 aromatic heterocycles. The minimum absolute atomic E-state index is 0.00765. The fraction of sp³-hybridized carbons (Fsp3) is 0.654. The lowest BCUT2D eigenvalue weighted by molar-refractivity contribution is -0.175. The van der Waals surface area contributed by atoms with Gasteiger partial charge in [0, 0.05) is 5.92 Å². The predicted molar refractivity (Wildman–Crippen MR) is 126 cm³/mol. The van der Waals surface area contributed by atoms with Crippen molar-refractivity contribution in [3.05, 3.63) is 35.9 Å². The van der Waals surface area contributed by atoms with Gasteiger partial charge in [-0.3, -0.25) is 4.79 Å². The number of ether oxygens (including phenoxy) is 3. The SMILES string of the molecule is CC(C)C(=O)O[C@@H]1[C@@H](Cc2ccccc2)CCCC[C@H](NC(=O)OC(C)(C)C)C(=O)O[C@H]1C. The number of carbonyl (C=O) groups excluding carboxylic acids is 3. The molecule has 1 fully saturated rings. The molecule has 33 heavy (non-hydrogen) atoms. The molecule has 1 aliphatic rings. The second kappa shape index (κ2) is 12.1. The molecule has 7 nitrogen and oxygen atoms in total. The largest absolute Gasteiger partial charge is 0.458 e. The molecular formula is C26H39NO6. The van der Waals surface area contributed by atoms with Crippen molar-refractivity contribution < 1.29 is 28.6 Å². The first-order valence-corrected chi connectivity index (χ1v) is 11.9. The summed E-state index contributed by atoms with van der Waals surface area (Å²) in [6.07, 6.45) is 1.65. The Balaban J connectivity index is 2.20. The molecule has 0 saturated carbocycles. The third-order valence-electron chi connectivity index (χ3n) is 5.59. The number of esters is 2. The summed E-state index contributed by atoms with van der Waals surface area (Å²) in [4.78, 5) is 37.7. The van der Waals surface area contributed by atoms with E-state index in [1.807, 2.05) is 18.2 Å². The lowest BCUT2D eigenvalue weighted by atomic mass is 9.86. The number of hydrogen-bond donors (Lipinski definition) is 1. The van der Waals surface area contributed by atoms with E-state index >= 15 is 0 Å². The molecule has 7 heteroatoms. The van der Waals surface area contributed by atoms with E-state index in [1.165, 1.54) is 0 Å². The molecule has 4 atom stereocenters. The summed E-state index contributed by atoms with van der Waals surface area (Å²) in [5.41, 5.74) is 0.478. The van der Waals surface area contributed by atoms with Crippen LogP contribution in [0.2, 0.25) is 0 Å². The van der Waals surface area contributed by atoms with Gasteiger partial charge in [-0.15, -0.1) is 0 Å². The van der Waals surface area contributed by atoms with Crippen LogP contribution >= 0.6 is 0 Å². The monoisotopic (exact) mass is 461 g/mol. The van der Waals surface area contributed by atoms with Crippen LogP contribution < -0.4 is 5.32 Å². The number of rotatable bonds is 5. The Hall–Kier alpha value is -2.57. The van der Waals surface area contributed by atoms with Gasteiger partial charge in [-0.25, -0.2) is 9.59 Å². The van der Waals surface area contributed by atoms with Crippen LogP contribution in [0.4, 0.5) is 4.79 Å². The highest BCUT2D eigenvalue weighted by Crippen LogP contribution is 2.28. The minimum Gasteiger partial charge on any atom is -0.458 e. The Morgan fingerprint density at radius 3 is 2.36 bits per heavy atom. The van der Waals surface area contributed by atoms with E-state index in [2.05, 4.69) is 17.4 Å². The normalized spacial score (nSPS) is 24.5. The molecule has 1 heterocycles. The summed E-state index contributed by atoms with van der Waals surface area (Å²) in [6, 6.07) is 9.24. The second-order valence-corrected chi connectivity index (χ2v) is 10.1. The Labute approximate surface area is 197 Å².